The Morgan fingerprint density at radius 2 is 1.78 bits per heavy atom. The maximum absolute atomic E-state index is 12.4. The van der Waals surface area contributed by atoms with Gasteiger partial charge in [-0.05, 0) is 49.7 Å². The zero-order chi connectivity index (χ0) is 24.4. The second kappa shape index (κ2) is 13.7. The van der Waals surface area contributed by atoms with Crippen LogP contribution in [-0.2, 0) is 14.0 Å². The number of unbranched alkanes of at least 4 members (excludes halogenated alkanes) is 3. The van der Waals surface area contributed by atoms with Gasteiger partial charge in [-0.2, -0.15) is 0 Å². The number of ketones is 1. The Kier molecular flexibility index (Phi) is 12.4. The van der Waals surface area contributed by atoms with Gasteiger partial charge in [0.25, 0.3) is 0 Å². The normalized spacial score (nSPS) is 19.2. The van der Waals surface area contributed by atoms with E-state index in [1.165, 1.54) is 37.7 Å². The first-order chi connectivity index (χ1) is 14.9. The summed E-state index contributed by atoms with van der Waals surface area (Å²) in [4.78, 5) is 24.1. The molecule has 0 radical (unpaired) electrons. The minimum atomic E-state index is -2.10. The summed E-state index contributed by atoms with van der Waals surface area (Å²) >= 11 is 0. The molecule has 0 amide bonds. The molecular weight excluding hydrogens is 416 g/mol. The van der Waals surface area contributed by atoms with Crippen LogP contribution in [0.4, 0.5) is 0 Å². The Balaban J connectivity index is 2.38. The predicted molar refractivity (Wildman–Crippen MR) is 137 cm³/mol. The monoisotopic (exact) mass is 466 g/mol. The maximum Gasteiger partial charge on any atom is 0.331 e. The lowest BCUT2D eigenvalue weighted by Gasteiger charge is -2.38. The number of carbonyl (C=O) groups is 2. The van der Waals surface area contributed by atoms with Gasteiger partial charge in [-0.3, -0.25) is 4.79 Å². The molecule has 0 aromatic rings. The Morgan fingerprint density at radius 3 is 2.38 bits per heavy atom. The van der Waals surface area contributed by atoms with E-state index >= 15 is 0 Å². The predicted octanol–water partition coefficient (Wildman–Crippen LogP) is 7.92. The number of hydrogen-bond acceptors (Lipinski definition) is 3. The first kappa shape index (κ1) is 29.1. The lowest BCUT2D eigenvalue weighted by Crippen LogP contribution is -2.46. The van der Waals surface area contributed by atoms with Crippen LogP contribution in [0.2, 0.25) is 18.1 Å². The topological polar surface area (TPSA) is 63.6 Å². The molecule has 0 heterocycles. The van der Waals surface area contributed by atoms with Crippen molar-refractivity contribution in [2.75, 3.05) is 0 Å². The first-order valence-electron chi connectivity index (χ1n) is 13.0. The maximum atomic E-state index is 12.4. The molecular formula is C27H50O4Si. The zero-order valence-corrected chi connectivity index (χ0v) is 23.0. The number of carboxylic acids is 1. The van der Waals surface area contributed by atoms with E-state index in [4.69, 9.17) is 4.43 Å². The molecule has 186 valence electrons. The molecule has 32 heavy (non-hydrogen) atoms. The number of carbonyl (C=O) groups excluding carboxylic acids is 1. The molecule has 0 bridgehead atoms. The molecule has 0 saturated carbocycles. The van der Waals surface area contributed by atoms with Gasteiger partial charge in [-0.25, -0.2) is 4.79 Å². The van der Waals surface area contributed by atoms with Crippen LogP contribution < -0.4 is 0 Å². The largest absolute Gasteiger partial charge is 0.479 e. The van der Waals surface area contributed by atoms with Gasteiger partial charge in [0.05, 0.1) is 0 Å². The van der Waals surface area contributed by atoms with Crippen molar-refractivity contribution in [2.24, 2.45) is 11.8 Å². The number of hydrogen-bond donors (Lipinski definition) is 1. The first-order valence-corrected chi connectivity index (χ1v) is 15.9. The smallest absolute Gasteiger partial charge is 0.331 e. The highest BCUT2D eigenvalue weighted by molar-refractivity contribution is 6.74. The van der Waals surface area contributed by atoms with Gasteiger partial charge < -0.3 is 9.53 Å². The lowest BCUT2D eigenvalue weighted by molar-refractivity contribution is -0.146. The summed E-state index contributed by atoms with van der Waals surface area (Å²) in [5.74, 6) is 0.421. The summed E-state index contributed by atoms with van der Waals surface area (Å²) < 4.78 is 6.14. The van der Waals surface area contributed by atoms with Crippen molar-refractivity contribution < 1.29 is 19.1 Å². The molecule has 0 aromatic carbocycles. The molecule has 1 N–H and O–H groups in total. The molecule has 1 aliphatic carbocycles. The van der Waals surface area contributed by atoms with Crippen LogP contribution >= 0.6 is 0 Å². The number of Topliss-reactive ketones (excluding diaryl/α,β-unsaturated/α-hetero) is 1. The molecule has 0 aromatic heterocycles. The molecule has 0 spiro atoms. The summed E-state index contributed by atoms with van der Waals surface area (Å²) in [6, 6.07) is 0. The molecule has 0 saturated heterocycles. The van der Waals surface area contributed by atoms with Crippen molar-refractivity contribution in [3.05, 3.63) is 11.6 Å². The van der Waals surface area contributed by atoms with Gasteiger partial charge in [0.15, 0.2) is 8.32 Å². The van der Waals surface area contributed by atoms with Crippen LogP contribution in [0.1, 0.15) is 112 Å². The van der Waals surface area contributed by atoms with E-state index in [-0.39, 0.29) is 11.0 Å². The van der Waals surface area contributed by atoms with Crippen LogP contribution in [-0.4, -0.2) is 31.3 Å². The summed E-state index contributed by atoms with van der Waals surface area (Å²) in [6.07, 6.45) is 13.7. The van der Waals surface area contributed by atoms with Crippen LogP contribution in [0.5, 0.6) is 0 Å². The van der Waals surface area contributed by atoms with Crippen molar-refractivity contribution in [3.63, 3.8) is 0 Å². The molecule has 1 aliphatic rings. The number of allylic oxidation sites excluding steroid dienone is 2. The molecule has 2 unspecified atom stereocenters. The zero-order valence-electron chi connectivity index (χ0n) is 22.0. The van der Waals surface area contributed by atoms with E-state index < -0.39 is 20.4 Å². The lowest BCUT2D eigenvalue weighted by atomic mass is 9.89. The summed E-state index contributed by atoms with van der Waals surface area (Å²) in [7, 11) is -2.10. The Morgan fingerprint density at radius 1 is 1.12 bits per heavy atom. The van der Waals surface area contributed by atoms with Crippen molar-refractivity contribution in [2.45, 2.75) is 136 Å². The van der Waals surface area contributed by atoms with Gasteiger partial charge in [0, 0.05) is 12.3 Å². The van der Waals surface area contributed by atoms with E-state index in [0.717, 1.165) is 38.0 Å². The van der Waals surface area contributed by atoms with Crippen LogP contribution in [0.15, 0.2) is 11.6 Å². The summed E-state index contributed by atoms with van der Waals surface area (Å²) in [5, 5.41) is 9.62. The second-order valence-corrected chi connectivity index (χ2v) is 16.2. The highest BCUT2D eigenvalue weighted by Gasteiger charge is 2.40. The third-order valence-electron chi connectivity index (χ3n) is 7.59. The van der Waals surface area contributed by atoms with E-state index in [2.05, 4.69) is 53.8 Å². The SMILES string of the molecule is CCCCC(C)CCCC1=CCC(=O)[C@@H]1CCCCCC(O[Si](C)(C)C(C)(C)C)C(=O)O. The molecule has 4 nitrogen and oxygen atoms in total. The fourth-order valence-corrected chi connectivity index (χ4v) is 5.60. The van der Waals surface area contributed by atoms with Gasteiger partial charge in [0.1, 0.15) is 11.9 Å². The average molecular weight is 467 g/mol. The van der Waals surface area contributed by atoms with E-state index in [9.17, 15) is 14.7 Å². The van der Waals surface area contributed by atoms with Gasteiger partial charge >= 0.3 is 5.97 Å². The molecule has 0 aliphatic heterocycles. The van der Waals surface area contributed by atoms with E-state index in [1.54, 1.807) is 0 Å². The Labute approximate surface area is 198 Å². The van der Waals surface area contributed by atoms with Gasteiger partial charge in [-0.15, -0.1) is 0 Å². The van der Waals surface area contributed by atoms with E-state index in [0.29, 0.717) is 18.6 Å². The van der Waals surface area contributed by atoms with Crippen LogP contribution in [0.3, 0.4) is 0 Å². The standard InChI is InChI=1S/C27H50O4Si/c1-8-9-14-21(2)15-13-16-22-19-20-24(28)23(22)17-11-10-12-18-25(26(29)30)31-32(6,7)27(3,4)5/h19,21,23,25H,8-18,20H2,1-7H3,(H,29,30)/t21?,23-,25?/m1/s1. The summed E-state index contributed by atoms with van der Waals surface area (Å²) in [5.41, 5.74) is 1.36. The minimum Gasteiger partial charge on any atom is -0.479 e. The summed E-state index contributed by atoms with van der Waals surface area (Å²) in [6.45, 7) is 15.2. The third kappa shape index (κ3) is 9.90. The number of aliphatic carboxylic acids is 1. The van der Waals surface area contributed by atoms with E-state index in [1.807, 2.05) is 0 Å². The van der Waals surface area contributed by atoms with Crippen LogP contribution in [0.25, 0.3) is 0 Å². The third-order valence-corrected chi connectivity index (χ3v) is 12.1. The number of carboxylic acid groups (broad SMARTS) is 1. The van der Waals surface area contributed by atoms with Crippen molar-refractivity contribution in [3.8, 4) is 0 Å². The minimum absolute atomic E-state index is 0.0000643. The van der Waals surface area contributed by atoms with Gasteiger partial charge in [-0.1, -0.05) is 91.2 Å². The highest BCUT2D eigenvalue weighted by atomic mass is 28.4. The molecule has 0 fully saturated rings. The fourth-order valence-electron chi connectivity index (χ4n) is 4.32. The molecule has 3 atom stereocenters. The quantitative estimate of drug-likeness (QED) is 0.142. The van der Waals surface area contributed by atoms with Gasteiger partial charge in [0.2, 0.25) is 0 Å². The number of rotatable bonds is 16. The van der Waals surface area contributed by atoms with Crippen molar-refractivity contribution in [1.82, 2.24) is 0 Å². The van der Waals surface area contributed by atoms with Crippen molar-refractivity contribution in [1.29, 1.82) is 0 Å². The second-order valence-electron chi connectivity index (χ2n) is 11.5. The Bertz CT molecular complexity index is 618. The van der Waals surface area contributed by atoms with Crippen molar-refractivity contribution >= 4 is 20.1 Å². The fraction of sp³-hybridized carbons (Fsp3) is 0.852. The highest BCUT2D eigenvalue weighted by Crippen LogP contribution is 2.38. The molecule has 5 heteroatoms. The average Bonchev–Trinajstić information content (AvgIpc) is 3.03. The van der Waals surface area contributed by atoms with Crippen LogP contribution in [0, 0.1) is 11.8 Å². The molecule has 1 rings (SSSR count). The Hall–Kier alpha value is -0.943.